The Morgan fingerprint density at radius 3 is 2.67 bits per heavy atom. The zero-order valence-corrected chi connectivity index (χ0v) is 13.9. The molecule has 1 amide bonds. The molecule has 3 rings (SSSR count). The van der Waals surface area contributed by atoms with Crippen molar-refractivity contribution in [2.75, 3.05) is 13.7 Å². The smallest absolute Gasteiger partial charge is 0.257 e. The third-order valence-electron chi connectivity index (χ3n) is 4.66. The highest BCUT2D eigenvalue weighted by atomic mass is 16.5. The van der Waals surface area contributed by atoms with Crippen LogP contribution >= 0.6 is 0 Å². The summed E-state index contributed by atoms with van der Waals surface area (Å²) in [7, 11) is 1.58. The number of hydrogen-bond acceptors (Lipinski definition) is 3. The largest absolute Gasteiger partial charge is 0.496 e. The van der Waals surface area contributed by atoms with Crippen molar-refractivity contribution >= 4 is 5.91 Å². The van der Waals surface area contributed by atoms with Crippen LogP contribution < -0.4 is 4.74 Å². The molecule has 4 nitrogen and oxygen atoms in total. The molecule has 4 heteroatoms. The molecule has 0 aliphatic carbocycles. The predicted molar refractivity (Wildman–Crippen MR) is 93.1 cm³/mol. The summed E-state index contributed by atoms with van der Waals surface area (Å²) < 4.78 is 5.31. The third kappa shape index (κ3) is 3.44. The van der Waals surface area contributed by atoms with Gasteiger partial charge in [-0.05, 0) is 37.0 Å². The van der Waals surface area contributed by atoms with Gasteiger partial charge in [0.1, 0.15) is 5.75 Å². The van der Waals surface area contributed by atoms with E-state index >= 15 is 0 Å². The highest BCUT2D eigenvalue weighted by Crippen LogP contribution is 2.30. The second-order valence-electron chi connectivity index (χ2n) is 6.16. The van der Waals surface area contributed by atoms with E-state index in [1.807, 2.05) is 47.4 Å². The van der Waals surface area contributed by atoms with E-state index in [9.17, 15) is 9.90 Å². The normalized spacial score (nSPS) is 18.4. The van der Waals surface area contributed by atoms with Crippen molar-refractivity contribution in [3.63, 3.8) is 0 Å². The van der Waals surface area contributed by atoms with Crippen molar-refractivity contribution in [1.82, 2.24) is 4.90 Å². The van der Waals surface area contributed by atoms with Crippen LogP contribution in [-0.2, 0) is 0 Å². The Morgan fingerprint density at radius 2 is 1.92 bits per heavy atom. The first-order valence-corrected chi connectivity index (χ1v) is 8.37. The molecule has 0 saturated carbocycles. The van der Waals surface area contributed by atoms with Crippen LogP contribution in [-0.4, -0.2) is 35.6 Å². The van der Waals surface area contributed by atoms with Crippen LogP contribution in [0.1, 0.15) is 41.3 Å². The van der Waals surface area contributed by atoms with E-state index in [4.69, 9.17) is 4.74 Å². The third-order valence-corrected chi connectivity index (χ3v) is 4.66. The lowest BCUT2D eigenvalue weighted by Crippen LogP contribution is -2.36. The Kier molecular flexibility index (Phi) is 5.16. The Bertz CT molecular complexity index is 686. The molecule has 1 aliphatic rings. The molecule has 1 fully saturated rings. The van der Waals surface area contributed by atoms with Crippen molar-refractivity contribution in [3.05, 3.63) is 65.7 Å². The molecule has 0 radical (unpaired) electrons. The summed E-state index contributed by atoms with van der Waals surface area (Å²) in [6.07, 6.45) is 1.89. The lowest BCUT2D eigenvalue weighted by atomic mass is 10.00. The zero-order valence-electron chi connectivity index (χ0n) is 13.9. The Labute approximate surface area is 142 Å². The topological polar surface area (TPSA) is 49.8 Å². The summed E-state index contributed by atoms with van der Waals surface area (Å²) in [6.45, 7) is 0.725. The number of ether oxygens (including phenoxy) is 1. The average molecular weight is 325 g/mol. The van der Waals surface area contributed by atoms with Gasteiger partial charge >= 0.3 is 0 Å². The molecule has 2 atom stereocenters. The number of hydrogen-bond donors (Lipinski definition) is 1. The molecule has 1 N–H and O–H groups in total. The molecule has 1 aliphatic heterocycles. The van der Waals surface area contributed by atoms with E-state index in [0.29, 0.717) is 17.7 Å². The second kappa shape index (κ2) is 7.49. The molecule has 0 spiro atoms. The van der Waals surface area contributed by atoms with E-state index in [1.165, 1.54) is 0 Å². The molecule has 0 bridgehead atoms. The van der Waals surface area contributed by atoms with Crippen LogP contribution in [0.5, 0.6) is 5.75 Å². The summed E-state index contributed by atoms with van der Waals surface area (Å²) in [5.41, 5.74) is 1.48. The number of rotatable bonds is 5. The lowest BCUT2D eigenvalue weighted by Gasteiger charge is -2.27. The number of carbonyl (C=O) groups excluding carboxylic acids is 1. The summed E-state index contributed by atoms with van der Waals surface area (Å²) in [5, 5.41) is 10.5. The minimum Gasteiger partial charge on any atom is -0.496 e. The summed E-state index contributed by atoms with van der Waals surface area (Å²) >= 11 is 0. The first-order chi connectivity index (χ1) is 11.7. The number of methoxy groups -OCH3 is 1. The Morgan fingerprint density at radius 1 is 1.21 bits per heavy atom. The standard InChI is InChI=1S/C20H23NO3/c1-24-19-12-6-5-11-17(19)20(23)21-13-7-10-16(21)14-18(22)15-8-3-2-4-9-15/h2-6,8-9,11-12,16,18,22H,7,10,13-14H2,1H3. The highest BCUT2D eigenvalue weighted by Gasteiger charge is 2.32. The number of benzene rings is 2. The number of nitrogens with zero attached hydrogens (tertiary/aromatic N) is 1. The fourth-order valence-corrected chi connectivity index (χ4v) is 3.39. The number of para-hydroxylation sites is 1. The zero-order chi connectivity index (χ0) is 16.9. The molecular formula is C20H23NO3. The van der Waals surface area contributed by atoms with E-state index in [1.54, 1.807) is 19.2 Å². The highest BCUT2D eigenvalue weighted by molar-refractivity contribution is 5.97. The molecule has 126 valence electrons. The van der Waals surface area contributed by atoms with Gasteiger partial charge in [-0.2, -0.15) is 0 Å². The van der Waals surface area contributed by atoms with Gasteiger partial charge in [0.25, 0.3) is 5.91 Å². The molecule has 24 heavy (non-hydrogen) atoms. The molecule has 2 aromatic carbocycles. The molecule has 2 unspecified atom stereocenters. The maximum absolute atomic E-state index is 12.9. The van der Waals surface area contributed by atoms with Crippen LogP contribution in [0.25, 0.3) is 0 Å². The quantitative estimate of drug-likeness (QED) is 0.916. The van der Waals surface area contributed by atoms with Gasteiger partial charge in [-0.25, -0.2) is 0 Å². The first kappa shape index (κ1) is 16.5. The summed E-state index contributed by atoms with van der Waals surface area (Å²) in [6, 6.07) is 17.0. The SMILES string of the molecule is COc1ccccc1C(=O)N1CCCC1CC(O)c1ccccc1. The van der Waals surface area contributed by atoms with Crippen LogP contribution in [0, 0.1) is 0 Å². The monoisotopic (exact) mass is 325 g/mol. The van der Waals surface area contributed by atoms with E-state index in [0.717, 1.165) is 24.9 Å². The van der Waals surface area contributed by atoms with Gasteiger partial charge in [0.05, 0.1) is 18.8 Å². The van der Waals surface area contributed by atoms with Crippen LogP contribution in [0.4, 0.5) is 0 Å². The van der Waals surface area contributed by atoms with Gasteiger partial charge in [0, 0.05) is 12.6 Å². The average Bonchev–Trinajstić information content (AvgIpc) is 3.09. The number of amides is 1. The van der Waals surface area contributed by atoms with Gasteiger partial charge in [0.15, 0.2) is 0 Å². The van der Waals surface area contributed by atoms with Crippen molar-refractivity contribution in [2.24, 2.45) is 0 Å². The van der Waals surface area contributed by atoms with Gasteiger partial charge in [-0.3, -0.25) is 4.79 Å². The molecule has 1 saturated heterocycles. The van der Waals surface area contributed by atoms with E-state index in [-0.39, 0.29) is 11.9 Å². The van der Waals surface area contributed by atoms with Gasteiger partial charge in [0.2, 0.25) is 0 Å². The minimum atomic E-state index is -0.553. The number of carbonyl (C=O) groups is 1. The van der Waals surface area contributed by atoms with Crippen molar-refractivity contribution in [3.8, 4) is 5.75 Å². The van der Waals surface area contributed by atoms with Gasteiger partial charge in [-0.1, -0.05) is 42.5 Å². The Hall–Kier alpha value is -2.33. The predicted octanol–water partition coefficient (Wildman–Crippen LogP) is 3.42. The first-order valence-electron chi connectivity index (χ1n) is 8.37. The fraction of sp³-hybridized carbons (Fsp3) is 0.350. The van der Waals surface area contributed by atoms with E-state index in [2.05, 4.69) is 0 Å². The summed E-state index contributed by atoms with van der Waals surface area (Å²) in [4.78, 5) is 14.8. The van der Waals surface area contributed by atoms with E-state index < -0.39 is 6.10 Å². The molecule has 2 aromatic rings. The maximum atomic E-state index is 12.9. The van der Waals surface area contributed by atoms with Gasteiger partial charge in [-0.15, -0.1) is 0 Å². The lowest BCUT2D eigenvalue weighted by molar-refractivity contribution is 0.0664. The van der Waals surface area contributed by atoms with Crippen LogP contribution in [0.15, 0.2) is 54.6 Å². The van der Waals surface area contributed by atoms with Crippen LogP contribution in [0.2, 0.25) is 0 Å². The number of likely N-dealkylation sites (tertiary alicyclic amines) is 1. The molecular weight excluding hydrogens is 302 g/mol. The minimum absolute atomic E-state index is 0.0183. The number of aliphatic hydroxyl groups excluding tert-OH is 1. The molecule has 0 aromatic heterocycles. The maximum Gasteiger partial charge on any atom is 0.257 e. The second-order valence-corrected chi connectivity index (χ2v) is 6.16. The number of aliphatic hydroxyl groups is 1. The van der Waals surface area contributed by atoms with Crippen molar-refractivity contribution in [2.45, 2.75) is 31.4 Å². The Balaban J connectivity index is 1.74. The van der Waals surface area contributed by atoms with Gasteiger partial charge < -0.3 is 14.7 Å². The molecule has 1 heterocycles. The summed E-state index contributed by atoms with van der Waals surface area (Å²) in [5.74, 6) is 0.576. The van der Waals surface area contributed by atoms with Crippen molar-refractivity contribution < 1.29 is 14.6 Å². The van der Waals surface area contributed by atoms with Crippen LogP contribution in [0.3, 0.4) is 0 Å². The fourth-order valence-electron chi connectivity index (χ4n) is 3.39. The van der Waals surface area contributed by atoms with Crippen molar-refractivity contribution in [1.29, 1.82) is 0 Å².